The Labute approximate surface area is 618 Å². The van der Waals surface area contributed by atoms with Gasteiger partial charge in [-0.2, -0.15) is 0 Å². The molecule has 4 heterocycles. The van der Waals surface area contributed by atoms with Crippen molar-refractivity contribution in [3.8, 4) is 67.0 Å². The summed E-state index contributed by atoms with van der Waals surface area (Å²) in [7, 11) is 0. The van der Waals surface area contributed by atoms with Crippen LogP contribution in [-0.4, -0.2) is 15.8 Å². The van der Waals surface area contributed by atoms with Crippen LogP contribution in [0.4, 0.5) is 51.2 Å². The maximum absolute atomic E-state index is 2.64. The lowest BCUT2D eigenvalue weighted by atomic mass is 9.33. The average molecular weight is 1350 g/mol. The third kappa shape index (κ3) is 10.5. The lowest BCUT2D eigenvalue weighted by molar-refractivity contribution is 0.590. The van der Waals surface area contributed by atoms with Crippen LogP contribution < -0.4 is 31.1 Å². The first kappa shape index (κ1) is 62.4. The molecule has 16 aromatic carbocycles. The third-order valence-electron chi connectivity index (χ3n) is 21.9. The van der Waals surface area contributed by atoms with Crippen LogP contribution in [0.2, 0.25) is 0 Å². The van der Waals surface area contributed by atoms with Gasteiger partial charge in [0, 0.05) is 78.4 Å². The van der Waals surface area contributed by atoms with E-state index in [0.29, 0.717) is 0 Å². The van der Waals surface area contributed by atoms with Crippen LogP contribution in [0.25, 0.3) is 111 Å². The molecule has 20 rings (SSSR count). The summed E-state index contributed by atoms with van der Waals surface area (Å²) in [6.45, 7) is 6.70. The predicted octanol–water partition coefficient (Wildman–Crippen LogP) is 25.1. The van der Waals surface area contributed by atoms with Crippen molar-refractivity contribution >= 4 is 118 Å². The van der Waals surface area contributed by atoms with Gasteiger partial charge in [0.25, 0.3) is 6.71 Å². The van der Waals surface area contributed by atoms with Gasteiger partial charge >= 0.3 is 0 Å². The van der Waals surface area contributed by atoms with Crippen molar-refractivity contribution in [3.63, 3.8) is 0 Å². The Bertz CT molecular complexity index is 6230. The summed E-state index contributed by atoms with van der Waals surface area (Å²) in [5.74, 6) is 0. The molecule has 0 saturated carbocycles. The monoisotopic (exact) mass is 1350 g/mol. The smallest absolute Gasteiger partial charge is 0.252 e. The van der Waals surface area contributed by atoms with E-state index >= 15 is 0 Å². The van der Waals surface area contributed by atoms with Gasteiger partial charge in [-0.25, -0.2) is 0 Å². The van der Waals surface area contributed by atoms with E-state index in [-0.39, 0.29) is 12.1 Å². The summed E-state index contributed by atoms with van der Waals surface area (Å²) >= 11 is 0. The fourth-order valence-electron chi connectivity index (χ4n) is 17.0. The molecule has 6 heteroatoms. The highest BCUT2D eigenvalue weighted by Crippen LogP contribution is 2.51. The molecule has 0 radical (unpaired) electrons. The minimum atomic E-state index is -0.238. The zero-order valence-corrected chi connectivity index (χ0v) is 59.2. The fourth-order valence-corrected chi connectivity index (χ4v) is 17.0. The van der Waals surface area contributed by atoms with Crippen molar-refractivity contribution < 1.29 is 0 Å². The number of anilines is 9. The molecule has 2 aliphatic rings. The van der Waals surface area contributed by atoms with Crippen molar-refractivity contribution in [3.05, 3.63) is 388 Å². The molecule has 2 aromatic heterocycles. The quantitative estimate of drug-likeness (QED) is 0.114. The highest BCUT2D eigenvalue weighted by Gasteiger charge is 2.45. The van der Waals surface area contributed by atoms with E-state index < -0.39 is 0 Å². The third-order valence-corrected chi connectivity index (χ3v) is 21.9. The molecule has 0 fully saturated rings. The van der Waals surface area contributed by atoms with Crippen molar-refractivity contribution in [2.24, 2.45) is 0 Å². The second-order valence-corrected chi connectivity index (χ2v) is 29.3. The molecule has 0 amide bonds. The lowest BCUT2D eigenvalue weighted by Gasteiger charge is -2.45. The number of fused-ring (bicyclic) bond motifs is 10. The van der Waals surface area contributed by atoms with E-state index in [2.05, 4.69) is 427 Å². The van der Waals surface area contributed by atoms with Gasteiger partial charge in [-0.1, -0.05) is 276 Å². The molecular weight excluding hydrogens is 1280 g/mol. The molecule has 5 nitrogen and oxygen atoms in total. The van der Waals surface area contributed by atoms with E-state index in [4.69, 9.17) is 0 Å². The molecule has 18 aromatic rings. The molecule has 2 aliphatic heterocycles. The van der Waals surface area contributed by atoms with Crippen LogP contribution in [0.1, 0.15) is 26.3 Å². The first-order valence-electron chi connectivity index (χ1n) is 36.8. The Hall–Kier alpha value is -13.4. The van der Waals surface area contributed by atoms with Gasteiger partial charge in [-0.05, 0) is 210 Å². The van der Waals surface area contributed by atoms with Gasteiger partial charge in [-0.15, -0.1) is 0 Å². The number of benzene rings is 16. The highest BCUT2D eigenvalue weighted by molar-refractivity contribution is 7.00. The SMILES string of the molecule is CC(C)(C)c1cccc(-c2ccc3c(c2)N(c2cc(-c4ccccc4)cc(-c4ccccc4)c2)c2cc(-n4c5ccccc5c5ccccc54)cc4c2B3c2ccc(-n3c5ccccc5c5cc(N(c6ccccc6)c6ccccc6)ccc53)cc2N4c2cc(-c3ccccc3)cc(-c3ccccc3)c2)c1. The highest BCUT2D eigenvalue weighted by atomic mass is 15.2. The molecular formula is C100H72BN5. The maximum Gasteiger partial charge on any atom is 0.252 e. The minimum absolute atomic E-state index is 0.0619. The molecule has 0 aliphatic carbocycles. The molecule has 500 valence electrons. The van der Waals surface area contributed by atoms with Crippen molar-refractivity contribution in [1.29, 1.82) is 0 Å². The normalized spacial score (nSPS) is 12.4. The number of hydrogen-bond acceptors (Lipinski definition) is 3. The maximum atomic E-state index is 2.64. The number of rotatable bonds is 12. The molecule has 0 bridgehead atoms. The van der Waals surface area contributed by atoms with E-state index in [1.54, 1.807) is 0 Å². The van der Waals surface area contributed by atoms with Crippen LogP contribution in [0.3, 0.4) is 0 Å². The summed E-state index contributed by atoms with van der Waals surface area (Å²) in [6, 6.07) is 143. The van der Waals surface area contributed by atoms with E-state index in [1.807, 2.05) is 0 Å². The molecule has 0 unspecified atom stereocenters. The Balaban J connectivity index is 0.914. The summed E-state index contributed by atoms with van der Waals surface area (Å²) in [5, 5.41) is 4.76. The second kappa shape index (κ2) is 25.2. The van der Waals surface area contributed by atoms with Crippen LogP contribution in [-0.2, 0) is 5.41 Å². The Morgan fingerprint density at radius 3 is 1.08 bits per heavy atom. The Kier molecular flexibility index (Phi) is 14.8. The van der Waals surface area contributed by atoms with Crippen LogP contribution in [0, 0.1) is 0 Å². The van der Waals surface area contributed by atoms with Crippen molar-refractivity contribution in [2.45, 2.75) is 26.2 Å². The predicted molar refractivity (Wildman–Crippen MR) is 450 cm³/mol. The van der Waals surface area contributed by atoms with Gasteiger partial charge in [0.1, 0.15) is 0 Å². The zero-order valence-electron chi connectivity index (χ0n) is 59.2. The van der Waals surface area contributed by atoms with Crippen LogP contribution in [0.5, 0.6) is 0 Å². The summed E-state index contributed by atoms with van der Waals surface area (Å²) in [5.41, 5.74) is 32.8. The number of nitrogens with zero attached hydrogens (tertiary/aromatic N) is 5. The molecule has 0 N–H and O–H groups in total. The average Bonchev–Trinajstić information content (AvgIpc) is 0.832. The summed E-state index contributed by atoms with van der Waals surface area (Å²) < 4.78 is 5.03. The summed E-state index contributed by atoms with van der Waals surface area (Å²) in [4.78, 5) is 7.64. The minimum Gasteiger partial charge on any atom is -0.311 e. The fraction of sp³-hybridized carbons (Fsp3) is 0.0400. The molecule has 106 heavy (non-hydrogen) atoms. The molecule has 0 atom stereocenters. The van der Waals surface area contributed by atoms with Gasteiger partial charge in [0.15, 0.2) is 0 Å². The first-order chi connectivity index (χ1) is 52.2. The Morgan fingerprint density at radius 2 is 0.613 bits per heavy atom. The summed E-state index contributed by atoms with van der Waals surface area (Å²) in [6.07, 6.45) is 0. The molecule has 0 saturated heterocycles. The lowest BCUT2D eigenvalue weighted by Crippen LogP contribution is -2.61. The van der Waals surface area contributed by atoms with E-state index in [9.17, 15) is 0 Å². The topological polar surface area (TPSA) is 19.6 Å². The van der Waals surface area contributed by atoms with Crippen LogP contribution in [0.15, 0.2) is 382 Å². The van der Waals surface area contributed by atoms with Gasteiger partial charge in [0.2, 0.25) is 0 Å². The number of hydrogen-bond donors (Lipinski definition) is 0. The standard InChI is InChI=1S/C100H72BN5/c1-100(2,3)77-38-28-37-71(57-77)72-49-52-89-95(62-72)105(82-58-73(67-29-10-4-11-30-67)55-74(59-82)68-31-12-5-13-32-68)97-65-84(104-91-46-25-22-43-85(91)86-44-23-26-47-92(86)104)66-98-99(97)101(89)90-53-50-81(64-96(90)106(98)83-60-75(69-33-14-6-15-34-69)56-76(61-83)70-35-16-7-17-36-70)103-93-48-27-24-45-87(93)88-63-80(51-54-94(88)103)102(78-39-18-8-19-40-78)79-41-20-9-21-42-79/h4-66H,1-3H3. The van der Waals surface area contributed by atoms with Crippen molar-refractivity contribution in [2.75, 3.05) is 14.7 Å². The molecule has 0 spiro atoms. The van der Waals surface area contributed by atoms with Gasteiger partial charge in [0.05, 0.1) is 27.8 Å². The number of aromatic nitrogens is 2. The second-order valence-electron chi connectivity index (χ2n) is 29.3. The van der Waals surface area contributed by atoms with Crippen LogP contribution >= 0.6 is 0 Å². The first-order valence-corrected chi connectivity index (χ1v) is 36.8. The Morgan fingerprint density at radius 1 is 0.236 bits per heavy atom. The largest absolute Gasteiger partial charge is 0.311 e. The number of para-hydroxylation sites is 5. The zero-order chi connectivity index (χ0) is 70.6. The van der Waals surface area contributed by atoms with Crippen molar-refractivity contribution in [1.82, 2.24) is 9.13 Å². The van der Waals surface area contributed by atoms with E-state index in [0.717, 1.165) is 135 Å². The van der Waals surface area contributed by atoms with Gasteiger partial charge < -0.3 is 23.8 Å². The van der Waals surface area contributed by atoms with E-state index in [1.165, 1.54) is 49.1 Å². The van der Waals surface area contributed by atoms with Gasteiger partial charge in [-0.3, -0.25) is 0 Å².